The monoisotopic (exact) mass is 328 g/mol. The Balaban J connectivity index is 2.25. The van der Waals surface area contributed by atoms with Crippen molar-refractivity contribution in [2.75, 3.05) is 0 Å². The highest BCUT2D eigenvalue weighted by Gasteiger charge is 2.40. The number of hydrogen-bond donors (Lipinski definition) is 0. The maximum Gasteiger partial charge on any atom is 0.460 e. The van der Waals surface area contributed by atoms with E-state index in [2.05, 4.69) is 76.2 Å². The topological polar surface area (TPSA) is 18.5 Å². The van der Waals surface area contributed by atoms with Gasteiger partial charge < -0.3 is 8.85 Å². The second-order valence-electron chi connectivity index (χ2n) is 6.24. The molecule has 0 bridgehead atoms. The fourth-order valence-corrected chi connectivity index (χ4v) is 6.11. The zero-order valence-corrected chi connectivity index (χ0v) is 15.8. The van der Waals surface area contributed by atoms with Crippen molar-refractivity contribution in [3.63, 3.8) is 0 Å². The summed E-state index contributed by atoms with van der Waals surface area (Å²) in [7, 11) is -2.31. The quantitative estimate of drug-likeness (QED) is 0.551. The van der Waals surface area contributed by atoms with E-state index in [1.165, 1.54) is 11.1 Å². The first-order chi connectivity index (χ1) is 11.1. The van der Waals surface area contributed by atoms with Crippen molar-refractivity contribution >= 4 is 8.56 Å². The molecule has 0 radical (unpaired) electrons. The Labute approximate surface area is 141 Å². The molecule has 2 aromatic rings. The zero-order valence-electron chi connectivity index (χ0n) is 14.8. The number of benzene rings is 2. The largest absolute Gasteiger partial charge is 0.512 e. The maximum absolute atomic E-state index is 6.49. The van der Waals surface area contributed by atoms with Crippen LogP contribution >= 0.6 is 0 Å². The van der Waals surface area contributed by atoms with Crippen LogP contribution < -0.4 is 8.85 Å². The molecule has 0 aliphatic rings. The zero-order chi connectivity index (χ0) is 16.7. The maximum atomic E-state index is 6.49. The van der Waals surface area contributed by atoms with Gasteiger partial charge in [0.05, 0.1) is 0 Å². The molecule has 0 spiro atoms. The van der Waals surface area contributed by atoms with E-state index in [4.69, 9.17) is 8.85 Å². The van der Waals surface area contributed by atoms with Crippen molar-refractivity contribution in [2.45, 2.75) is 52.6 Å². The van der Waals surface area contributed by atoms with Gasteiger partial charge in [0.25, 0.3) is 0 Å². The van der Waals surface area contributed by atoms with E-state index in [0.29, 0.717) is 0 Å². The Morgan fingerprint density at radius 2 is 1.00 bits per heavy atom. The summed E-state index contributed by atoms with van der Waals surface area (Å²) in [5.74, 6) is 1.85. The smallest absolute Gasteiger partial charge is 0.460 e. The molecular weight excluding hydrogens is 300 g/mol. The Bertz CT molecular complexity index is 535. The molecule has 2 nitrogen and oxygen atoms in total. The van der Waals surface area contributed by atoms with Gasteiger partial charge in [-0.25, -0.2) is 0 Å². The van der Waals surface area contributed by atoms with Crippen molar-refractivity contribution in [3.8, 4) is 11.5 Å². The third-order valence-electron chi connectivity index (χ3n) is 3.91. The van der Waals surface area contributed by atoms with Crippen LogP contribution in [-0.4, -0.2) is 8.56 Å². The molecule has 0 aliphatic carbocycles. The fourth-order valence-electron chi connectivity index (χ4n) is 2.75. The van der Waals surface area contributed by atoms with Crippen molar-refractivity contribution < 1.29 is 8.85 Å². The molecule has 0 amide bonds. The average molecular weight is 329 g/mol. The second kappa shape index (κ2) is 8.21. The molecule has 0 fully saturated rings. The third kappa shape index (κ3) is 5.14. The van der Waals surface area contributed by atoms with Crippen molar-refractivity contribution in [1.29, 1.82) is 0 Å². The van der Waals surface area contributed by atoms with E-state index < -0.39 is 8.56 Å². The van der Waals surface area contributed by atoms with Gasteiger partial charge in [0.15, 0.2) is 0 Å². The predicted octanol–water partition coefficient (Wildman–Crippen LogP) is 6.02. The SMILES string of the molecule is CCC[Si](CCC)(Oc1ccc(C)cc1)Oc1ccc(C)cc1. The van der Waals surface area contributed by atoms with E-state index in [9.17, 15) is 0 Å². The third-order valence-corrected chi connectivity index (χ3v) is 7.65. The lowest BCUT2D eigenvalue weighted by molar-refractivity contribution is 0.374. The molecule has 0 aliphatic heterocycles. The number of aryl methyl sites for hydroxylation is 2. The molecule has 0 aromatic heterocycles. The van der Waals surface area contributed by atoms with Gasteiger partial charge in [-0.15, -0.1) is 0 Å². The van der Waals surface area contributed by atoms with Crippen LogP contribution in [0.3, 0.4) is 0 Å². The molecule has 2 aromatic carbocycles. The van der Waals surface area contributed by atoms with Crippen LogP contribution in [0.15, 0.2) is 48.5 Å². The first kappa shape index (κ1) is 17.6. The summed E-state index contributed by atoms with van der Waals surface area (Å²) in [6.07, 6.45) is 2.15. The first-order valence-electron chi connectivity index (χ1n) is 8.58. The highest BCUT2D eigenvalue weighted by Crippen LogP contribution is 2.28. The normalized spacial score (nSPS) is 11.3. The van der Waals surface area contributed by atoms with Gasteiger partial charge in [0.2, 0.25) is 0 Å². The standard InChI is InChI=1S/C20H28O2Si/c1-5-15-23(16-6-2,21-19-11-7-17(3)8-12-19)22-20-13-9-18(4)10-14-20/h7-14H,5-6,15-16H2,1-4H3. The molecule has 3 heteroatoms. The van der Waals surface area contributed by atoms with Crippen molar-refractivity contribution in [3.05, 3.63) is 59.7 Å². The van der Waals surface area contributed by atoms with Gasteiger partial charge in [-0.2, -0.15) is 0 Å². The van der Waals surface area contributed by atoms with Crippen LogP contribution in [0.5, 0.6) is 11.5 Å². The summed E-state index contributed by atoms with van der Waals surface area (Å²) in [6, 6.07) is 18.6. The van der Waals surface area contributed by atoms with E-state index in [-0.39, 0.29) is 0 Å². The fraction of sp³-hybridized carbons (Fsp3) is 0.400. The minimum atomic E-state index is -2.31. The molecule has 0 unspecified atom stereocenters. The van der Waals surface area contributed by atoms with Gasteiger partial charge in [-0.05, 0) is 38.1 Å². The summed E-state index contributed by atoms with van der Waals surface area (Å²) >= 11 is 0. The molecule has 2 rings (SSSR count). The van der Waals surface area contributed by atoms with Crippen LogP contribution in [0, 0.1) is 13.8 Å². The predicted molar refractivity (Wildman–Crippen MR) is 99.6 cm³/mol. The highest BCUT2D eigenvalue weighted by molar-refractivity contribution is 6.68. The van der Waals surface area contributed by atoms with Crippen molar-refractivity contribution in [1.82, 2.24) is 0 Å². The van der Waals surface area contributed by atoms with E-state index in [1.54, 1.807) is 0 Å². The number of rotatable bonds is 8. The molecular formula is C20H28O2Si. The van der Waals surface area contributed by atoms with Crippen LogP contribution in [0.2, 0.25) is 12.1 Å². The lowest BCUT2D eigenvalue weighted by Crippen LogP contribution is -2.48. The second-order valence-corrected chi connectivity index (χ2v) is 9.47. The van der Waals surface area contributed by atoms with Crippen LogP contribution in [-0.2, 0) is 0 Å². The molecule has 0 atom stereocenters. The Kier molecular flexibility index (Phi) is 6.28. The summed E-state index contributed by atoms with van der Waals surface area (Å²) < 4.78 is 13.0. The van der Waals surface area contributed by atoms with E-state index in [1.807, 2.05) is 0 Å². The van der Waals surface area contributed by atoms with Gasteiger partial charge in [-0.1, -0.05) is 62.1 Å². The summed E-state index contributed by atoms with van der Waals surface area (Å²) in [5, 5.41) is 0. The van der Waals surface area contributed by atoms with Gasteiger partial charge in [-0.3, -0.25) is 0 Å². The van der Waals surface area contributed by atoms with E-state index in [0.717, 1.165) is 36.4 Å². The minimum absolute atomic E-state index is 0.927. The summed E-state index contributed by atoms with van der Waals surface area (Å²) in [6.45, 7) is 8.59. The highest BCUT2D eigenvalue weighted by atomic mass is 28.4. The lowest BCUT2D eigenvalue weighted by Gasteiger charge is -2.31. The Morgan fingerprint density at radius 3 is 1.30 bits per heavy atom. The van der Waals surface area contributed by atoms with Crippen LogP contribution in [0.1, 0.15) is 37.8 Å². The summed E-state index contributed by atoms with van der Waals surface area (Å²) in [4.78, 5) is 0. The molecule has 0 saturated heterocycles. The van der Waals surface area contributed by atoms with E-state index >= 15 is 0 Å². The average Bonchev–Trinajstić information content (AvgIpc) is 2.52. The first-order valence-corrected chi connectivity index (χ1v) is 10.8. The van der Waals surface area contributed by atoms with Gasteiger partial charge in [0.1, 0.15) is 11.5 Å². The van der Waals surface area contributed by atoms with Crippen LogP contribution in [0.25, 0.3) is 0 Å². The van der Waals surface area contributed by atoms with Gasteiger partial charge >= 0.3 is 8.56 Å². The Hall–Kier alpha value is -1.74. The molecule has 0 saturated carbocycles. The molecule has 124 valence electrons. The number of hydrogen-bond acceptors (Lipinski definition) is 2. The van der Waals surface area contributed by atoms with Gasteiger partial charge in [0, 0.05) is 12.1 Å². The van der Waals surface area contributed by atoms with Crippen molar-refractivity contribution in [2.24, 2.45) is 0 Å². The minimum Gasteiger partial charge on any atom is -0.512 e. The lowest BCUT2D eigenvalue weighted by atomic mass is 10.2. The summed E-state index contributed by atoms with van der Waals surface area (Å²) in [5.41, 5.74) is 2.49. The molecule has 0 N–H and O–H groups in total. The van der Waals surface area contributed by atoms with Crippen LogP contribution in [0.4, 0.5) is 0 Å². The molecule has 0 heterocycles. The Morgan fingerprint density at radius 1 is 0.652 bits per heavy atom. The molecule has 23 heavy (non-hydrogen) atoms.